The van der Waals surface area contributed by atoms with Gasteiger partial charge in [0.1, 0.15) is 17.6 Å². The Kier molecular flexibility index (Phi) is 8.20. The molecule has 7 heteroatoms. The Morgan fingerprint density at radius 1 is 1.08 bits per heavy atom. The van der Waals surface area contributed by atoms with Crippen LogP contribution < -0.4 is 0 Å². The van der Waals surface area contributed by atoms with Crippen molar-refractivity contribution < 1.29 is 8.94 Å². The minimum atomic E-state index is -1.03. The van der Waals surface area contributed by atoms with Gasteiger partial charge in [0.05, 0.1) is 5.52 Å². The highest BCUT2D eigenvalue weighted by molar-refractivity contribution is 7.90. The first-order chi connectivity index (χ1) is 18.2. The van der Waals surface area contributed by atoms with Crippen molar-refractivity contribution in [1.29, 1.82) is 0 Å². The van der Waals surface area contributed by atoms with Gasteiger partial charge in [-0.25, -0.2) is 9.37 Å². The molecule has 2 saturated heterocycles. The molecule has 0 N–H and O–H groups in total. The van der Waals surface area contributed by atoms with Crippen molar-refractivity contribution in [3.8, 4) is 11.4 Å². The van der Waals surface area contributed by atoms with Crippen LogP contribution in [-0.4, -0.2) is 67.4 Å². The van der Waals surface area contributed by atoms with E-state index in [1.54, 1.807) is 6.26 Å². The lowest BCUT2D eigenvalue weighted by Crippen LogP contribution is -2.56. The van der Waals surface area contributed by atoms with Crippen LogP contribution in [0.1, 0.15) is 71.3 Å². The van der Waals surface area contributed by atoms with Gasteiger partial charge in [0.15, 0.2) is 10.7 Å². The number of piperidine rings is 2. The van der Waals surface area contributed by atoms with Crippen LogP contribution in [0.3, 0.4) is 0 Å². The summed E-state index contributed by atoms with van der Waals surface area (Å²) in [6.45, 7) is 11.5. The Morgan fingerprint density at radius 3 is 2.37 bits per heavy atom. The van der Waals surface area contributed by atoms with Crippen LogP contribution >= 0.6 is 0 Å². The molecule has 2 aromatic carbocycles. The summed E-state index contributed by atoms with van der Waals surface area (Å²) < 4.78 is 29.6. The summed E-state index contributed by atoms with van der Waals surface area (Å²) in [7, 11) is 1.89. The Morgan fingerprint density at radius 2 is 1.76 bits per heavy atom. The second-order valence-electron chi connectivity index (χ2n) is 11.7. The lowest BCUT2D eigenvalue weighted by Gasteiger charge is -2.50. The number of hydrogen-bond donors (Lipinski definition) is 0. The van der Waals surface area contributed by atoms with Gasteiger partial charge in [0.25, 0.3) is 0 Å². The van der Waals surface area contributed by atoms with Crippen LogP contribution in [0.5, 0.6) is 0 Å². The van der Waals surface area contributed by atoms with Crippen molar-refractivity contribution in [1.82, 2.24) is 19.4 Å². The zero-order chi connectivity index (χ0) is 27.1. The molecule has 206 valence electrons. The minimum Gasteiger partial charge on any atom is -0.612 e. The van der Waals surface area contributed by atoms with E-state index in [0.717, 1.165) is 47.8 Å². The van der Waals surface area contributed by atoms with Gasteiger partial charge >= 0.3 is 0 Å². The molecule has 4 atom stereocenters. The number of halogens is 1. The molecule has 0 bridgehead atoms. The largest absolute Gasteiger partial charge is 0.612 e. The van der Waals surface area contributed by atoms with Crippen LogP contribution in [0.4, 0.5) is 4.39 Å². The van der Waals surface area contributed by atoms with Gasteiger partial charge in [-0.3, -0.25) is 4.90 Å². The van der Waals surface area contributed by atoms with Gasteiger partial charge in [-0.2, -0.15) is 0 Å². The third-order valence-electron chi connectivity index (χ3n) is 9.09. The second-order valence-corrected chi connectivity index (χ2v) is 13.1. The average molecular weight is 539 g/mol. The maximum atomic E-state index is 16.0. The van der Waals surface area contributed by atoms with E-state index in [9.17, 15) is 4.55 Å². The van der Waals surface area contributed by atoms with Crippen LogP contribution in [-0.2, 0) is 18.2 Å². The topological polar surface area (TPSA) is 47.4 Å². The maximum absolute atomic E-state index is 16.0. The van der Waals surface area contributed by atoms with Crippen molar-refractivity contribution in [2.24, 2.45) is 7.05 Å². The Hall–Kier alpha value is -1.93. The molecule has 0 radical (unpaired) electrons. The number of fused-ring (bicyclic) bond motifs is 1. The van der Waals surface area contributed by atoms with E-state index >= 15 is 4.39 Å². The highest BCUT2D eigenvalue weighted by Crippen LogP contribution is 2.37. The second kappa shape index (κ2) is 11.3. The molecule has 38 heavy (non-hydrogen) atoms. The van der Waals surface area contributed by atoms with Gasteiger partial charge in [-0.1, -0.05) is 13.0 Å². The maximum Gasteiger partial charge on any atom is 0.152 e. The molecule has 5 nitrogen and oxygen atoms in total. The van der Waals surface area contributed by atoms with E-state index in [1.165, 1.54) is 19.3 Å². The van der Waals surface area contributed by atoms with Crippen molar-refractivity contribution >= 4 is 22.2 Å². The van der Waals surface area contributed by atoms with Crippen molar-refractivity contribution in [3.63, 3.8) is 0 Å². The normalized spacial score (nSPS) is 24.9. The van der Waals surface area contributed by atoms with Gasteiger partial charge in [0.2, 0.25) is 0 Å². The predicted octanol–water partition coefficient (Wildman–Crippen LogP) is 6.34. The van der Waals surface area contributed by atoms with Crippen molar-refractivity contribution in [2.45, 2.75) is 94.8 Å². The van der Waals surface area contributed by atoms with E-state index in [-0.39, 0.29) is 11.7 Å². The van der Waals surface area contributed by atoms with Crippen LogP contribution in [0.25, 0.3) is 22.4 Å². The van der Waals surface area contributed by atoms with Crippen molar-refractivity contribution in [3.05, 3.63) is 47.8 Å². The van der Waals surface area contributed by atoms with Gasteiger partial charge < -0.3 is 14.0 Å². The van der Waals surface area contributed by atoms with Crippen LogP contribution in [0, 0.1) is 5.82 Å². The number of aromatic nitrogens is 2. The molecule has 2 fully saturated rings. The molecule has 2 aliphatic heterocycles. The SMILES string of the molecule is CCC1CC(N2CCC(c3ccc4nc(-c5ccc([S+](C)[O-])cc5)n(C)c4c3F)CC2)CC(C)N1C(C)C. The monoisotopic (exact) mass is 538 g/mol. The number of benzene rings is 2. The highest BCUT2D eigenvalue weighted by Gasteiger charge is 2.37. The van der Waals surface area contributed by atoms with Gasteiger partial charge in [0, 0.05) is 36.8 Å². The first kappa shape index (κ1) is 27.6. The fourth-order valence-electron chi connectivity index (χ4n) is 7.23. The summed E-state index contributed by atoms with van der Waals surface area (Å²) in [5.41, 5.74) is 2.98. The summed E-state index contributed by atoms with van der Waals surface area (Å²) in [5, 5.41) is 0. The third kappa shape index (κ3) is 5.15. The minimum absolute atomic E-state index is 0.126. The first-order valence-electron chi connectivity index (χ1n) is 14.3. The average Bonchev–Trinajstić information content (AvgIpc) is 3.25. The molecule has 0 spiro atoms. The summed E-state index contributed by atoms with van der Waals surface area (Å²) in [4.78, 5) is 10.9. The van der Waals surface area contributed by atoms with E-state index in [2.05, 4.69) is 37.5 Å². The summed E-state index contributed by atoms with van der Waals surface area (Å²) in [6, 6.07) is 14.0. The number of likely N-dealkylation sites (tertiary alicyclic amines) is 2. The molecule has 0 amide bonds. The van der Waals surface area contributed by atoms with Crippen molar-refractivity contribution in [2.75, 3.05) is 19.3 Å². The molecule has 2 aliphatic rings. The summed E-state index contributed by atoms with van der Waals surface area (Å²) >= 11 is -1.03. The van der Waals surface area contributed by atoms with E-state index in [0.29, 0.717) is 35.2 Å². The van der Waals surface area contributed by atoms with E-state index < -0.39 is 11.2 Å². The first-order valence-corrected chi connectivity index (χ1v) is 15.9. The molecule has 4 unspecified atom stereocenters. The Balaban J connectivity index is 1.31. The lowest BCUT2D eigenvalue weighted by molar-refractivity contribution is -0.000247. The van der Waals surface area contributed by atoms with Crippen LogP contribution in [0.2, 0.25) is 0 Å². The number of hydrogen-bond acceptors (Lipinski definition) is 4. The van der Waals surface area contributed by atoms with Gasteiger partial charge in [-0.15, -0.1) is 0 Å². The number of nitrogens with zero attached hydrogens (tertiary/aromatic N) is 4. The standard InChI is InChI=1S/C31H43FN4OS/c1-7-24-19-25(18-21(4)36(24)20(2)3)35-16-14-22(15-17-35)27-12-13-28-30(29(27)32)34(5)31(33-28)23-8-10-26(11-9-23)38(6)37/h8-13,20-22,24-25H,7,14-19H2,1-6H3. The molecule has 3 heterocycles. The lowest BCUT2D eigenvalue weighted by atomic mass is 9.84. The molecule has 1 aromatic heterocycles. The zero-order valence-corrected chi connectivity index (χ0v) is 24.6. The molecule has 0 saturated carbocycles. The third-order valence-corrected chi connectivity index (χ3v) is 10.0. The smallest absolute Gasteiger partial charge is 0.152 e. The molecular formula is C31H43FN4OS. The number of aryl methyl sites for hydroxylation is 1. The fraction of sp³-hybridized carbons (Fsp3) is 0.581. The quantitative estimate of drug-likeness (QED) is 0.344. The number of rotatable bonds is 6. The fourth-order valence-corrected chi connectivity index (χ4v) is 7.75. The van der Waals surface area contributed by atoms with Gasteiger partial charge in [-0.05, 0) is 119 Å². The number of imidazole rings is 1. The molecule has 3 aromatic rings. The van der Waals surface area contributed by atoms with Crippen LogP contribution in [0.15, 0.2) is 41.3 Å². The summed E-state index contributed by atoms with van der Waals surface area (Å²) in [5.74, 6) is 0.841. The molecular weight excluding hydrogens is 495 g/mol. The van der Waals surface area contributed by atoms with E-state index in [4.69, 9.17) is 4.98 Å². The highest BCUT2D eigenvalue weighted by atomic mass is 32.2. The van der Waals surface area contributed by atoms with E-state index in [1.807, 2.05) is 48.0 Å². The Bertz CT molecular complexity index is 1250. The Labute approximate surface area is 230 Å². The summed E-state index contributed by atoms with van der Waals surface area (Å²) in [6.07, 6.45) is 7.35. The molecule has 0 aliphatic carbocycles. The zero-order valence-electron chi connectivity index (χ0n) is 23.8. The molecule has 5 rings (SSSR count). The predicted molar refractivity (Wildman–Crippen MR) is 156 cm³/mol.